The number of carbonyl (C=O) groups excluding carboxylic acids is 1. The third kappa shape index (κ3) is 2.66. The normalized spacial score (nSPS) is 23.9. The monoisotopic (exact) mass is 273 g/mol. The molecule has 4 heteroatoms. The molecule has 0 N–H and O–H groups in total. The molecule has 1 atom stereocenters. The summed E-state index contributed by atoms with van der Waals surface area (Å²) >= 11 is 0. The first-order chi connectivity index (χ1) is 9.78. The number of hydrogen-bond donors (Lipinski definition) is 0. The van der Waals surface area contributed by atoms with Crippen molar-refractivity contribution in [2.24, 2.45) is 0 Å². The number of piperazine rings is 1. The molecule has 3 rings (SSSR count). The first kappa shape index (κ1) is 13.4. The Morgan fingerprint density at radius 3 is 2.70 bits per heavy atom. The van der Waals surface area contributed by atoms with Crippen LogP contribution in [0.4, 0.5) is 4.79 Å². The zero-order valence-corrected chi connectivity index (χ0v) is 12.2. The molecule has 4 nitrogen and oxygen atoms in total. The van der Waals surface area contributed by atoms with Crippen molar-refractivity contribution in [3.8, 4) is 0 Å². The minimum atomic E-state index is 0.239. The van der Waals surface area contributed by atoms with Crippen molar-refractivity contribution in [1.29, 1.82) is 0 Å². The molecule has 108 valence electrons. The summed E-state index contributed by atoms with van der Waals surface area (Å²) < 4.78 is 0. The Morgan fingerprint density at radius 1 is 1.15 bits per heavy atom. The van der Waals surface area contributed by atoms with Gasteiger partial charge >= 0.3 is 6.03 Å². The molecule has 0 radical (unpaired) electrons. The summed E-state index contributed by atoms with van der Waals surface area (Å²) in [5, 5.41) is 0. The Bertz CT molecular complexity index is 462. The van der Waals surface area contributed by atoms with Gasteiger partial charge < -0.3 is 9.80 Å². The maximum Gasteiger partial charge on any atom is 0.320 e. The number of carbonyl (C=O) groups is 1. The molecule has 2 fully saturated rings. The molecule has 1 aromatic rings. The smallest absolute Gasteiger partial charge is 0.320 e. The van der Waals surface area contributed by atoms with Crippen molar-refractivity contribution in [3.63, 3.8) is 0 Å². The second kappa shape index (κ2) is 5.83. The molecule has 0 spiro atoms. The third-order valence-electron chi connectivity index (χ3n) is 4.45. The van der Waals surface area contributed by atoms with Crippen LogP contribution in [0.5, 0.6) is 0 Å². The van der Waals surface area contributed by atoms with Crippen LogP contribution < -0.4 is 0 Å². The minimum Gasteiger partial charge on any atom is -0.325 e. The van der Waals surface area contributed by atoms with E-state index in [4.69, 9.17) is 0 Å². The van der Waals surface area contributed by atoms with E-state index in [-0.39, 0.29) is 6.03 Å². The Morgan fingerprint density at radius 2 is 1.95 bits per heavy atom. The number of rotatable bonds is 3. The summed E-state index contributed by atoms with van der Waals surface area (Å²) in [6, 6.07) is 11.2. The summed E-state index contributed by atoms with van der Waals surface area (Å²) in [6.45, 7) is 7.66. The number of benzene rings is 1. The molecule has 2 aliphatic heterocycles. The van der Waals surface area contributed by atoms with E-state index in [1.54, 1.807) is 0 Å². The van der Waals surface area contributed by atoms with Crippen LogP contribution in [0.15, 0.2) is 30.3 Å². The van der Waals surface area contributed by atoms with E-state index < -0.39 is 0 Å². The van der Waals surface area contributed by atoms with Crippen LogP contribution in [0, 0.1) is 0 Å². The lowest BCUT2D eigenvalue weighted by Gasteiger charge is -2.47. The van der Waals surface area contributed by atoms with Gasteiger partial charge in [-0.05, 0) is 18.9 Å². The highest BCUT2D eigenvalue weighted by atomic mass is 16.2. The molecule has 2 amide bonds. The van der Waals surface area contributed by atoms with Gasteiger partial charge in [-0.2, -0.15) is 0 Å². The van der Waals surface area contributed by atoms with E-state index in [0.717, 1.165) is 45.7 Å². The van der Waals surface area contributed by atoms with Gasteiger partial charge in [-0.1, -0.05) is 30.3 Å². The van der Waals surface area contributed by atoms with Gasteiger partial charge in [0.2, 0.25) is 0 Å². The third-order valence-corrected chi connectivity index (χ3v) is 4.45. The molecule has 20 heavy (non-hydrogen) atoms. The van der Waals surface area contributed by atoms with E-state index >= 15 is 0 Å². The number of hydrogen-bond acceptors (Lipinski definition) is 2. The quantitative estimate of drug-likeness (QED) is 0.842. The van der Waals surface area contributed by atoms with Gasteiger partial charge in [-0.3, -0.25) is 4.90 Å². The van der Waals surface area contributed by atoms with Crippen LogP contribution in [-0.4, -0.2) is 59.5 Å². The highest BCUT2D eigenvalue weighted by Crippen LogP contribution is 2.21. The number of fused-ring (bicyclic) bond motifs is 1. The largest absolute Gasteiger partial charge is 0.325 e. The van der Waals surface area contributed by atoms with Gasteiger partial charge in [0.1, 0.15) is 0 Å². The summed E-state index contributed by atoms with van der Waals surface area (Å²) in [5.41, 5.74) is 1.36. The Hall–Kier alpha value is -1.55. The molecule has 1 aromatic carbocycles. The highest BCUT2D eigenvalue weighted by molar-refractivity contribution is 5.75. The predicted octanol–water partition coefficient (Wildman–Crippen LogP) is 2.02. The van der Waals surface area contributed by atoms with Crippen LogP contribution in [0.3, 0.4) is 0 Å². The standard InChI is InChI=1S/C16H23N3O/c1-2-18-9-8-15-13-17(10-11-19(15)16(18)20)12-14-6-4-3-5-7-14/h3-7,15H,2,8-13H2,1H3/t15-/m0/s1. The Labute approximate surface area is 121 Å². The molecule has 0 bridgehead atoms. The second-order valence-corrected chi connectivity index (χ2v) is 5.72. The zero-order chi connectivity index (χ0) is 13.9. The van der Waals surface area contributed by atoms with Crippen LogP contribution in [0.25, 0.3) is 0 Å². The van der Waals surface area contributed by atoms with Gasteiger partial charge in [0, 0.05) is 45.3 Å². The molecule has 0 aromatic heterocycles. The van der Waals surface area contributed by atoms with Gasteiger partial charge in [-0.15, -0.1) is 0 Å². The fraction of sp³-hybridized carbons (Fsp3) is 0.562. The van der Waals surface area contributed by atoms with Gasteiger partial charge in [-0.25, -0.2) is 4.79 Å². The fourth-order valence-corrected chi connectivity index (χ4v) is 3.28. The zero-order valence-electron chi connectivity index (χ0n) is 12.2. The van der Waals surface area contributed by atoms with Gasteiger partial charge in [0.25, 0.3) is 0 Å². The molecule has 0 aliphatic carbocycles. The van der Waals surface area contributed by atoms with Crippen molar-refractivity contribution in [2.45, 2.75) is 25.9 Å². The van der Waals surface area contributed by atoms with Gasteiger partial charge in [0.05, 0.1) is 0 Å². The maximum absolute atomic E-state index is 12.3. The molecule has 2 saturated heterocycles. The summed E-state index contributed by atoms with van der Waals surface area (Å²) in [4.78, 5) is 18.8. The van der Waals surface area contributed by atoms with E-state index in [9.17, 15) is 4.79 Å². The first-order valence-electron chi connectivity index (χ1n) is 7.59. The lowest BCUT2D eigenvalue weighted by atomic mass is 10.0. The molecule has 2 heterocycles. The second-order valence-electron chi connectivity index (χ2n) is 5.72. The minimum absolute atomic E-state index is 0.239. The van der Waals surface area contributed by atoms with E-state index in [1.165, 1.54) is 5.56 Å². The van der Waals surface area contributed by atoms with Crippen molar-refractivity contribution >= 4 is 6.03 Å². The number of nitrogens with zero attached hydrogens (tertiary/aromatic N) is 3. The molecule has 0 unspecified atom stereocenters. The predicted molar refractivity (Wildman–Crippen MR) is 79.5 cm³/mol. The van der Waals surface area contributed by atoms with Crippen molar-refractivity contribution in [1.82, 2.24) is 14.7 Å². The summed E-state index contributed by atoms with van der Waals surface area (Å²) in [5.74, 6) is 0. The van der Waals surface area contributed by atoms with Crippen LogP contribution in [-0.2, 0) is 6.54 Å². The number of urea groups is 1. The Kier molecular flexibility index (Phi) is 3.92. The van der Waals surface area contributed by atoms with E-state index in [0.29, 0.717) is 6.04 Å². The summed E-state index contributed by atoms with van der Waals surface area (Å²) in [7, 11) is 0. The molecule has 2 aliphatic rings. The molecular formula is C16H23N3O. The van der Waals surface area contributed by atoms with Gasteiger partial charge in [0.15, 0.2) is 0 Å². The van der Waals surface area contributed by atoms with Crippen molar-refractivity contribution in [2.75, 3.05) is 32.7 Å². The first-order valence-corrected chi connectivity index (χ1v) is 7.59. The van der Waals surface area contributed by atoms with Crippen molar-refractivity contribution < 1.29 is 4.79 Å². The van der Waals surface area contributed by atoms with Crippen LogP contribution in [0.1, 0.15) is 18.9 Å². The molecular weight excluding hydrogens is 250 g/mol. The number of amides is 2. The topological polar surface area (TPSA) is 26.8 Å². The lowest BCUT2D eigenvalue weighted by molar-refractivity contribution is 0.0428. The Balaban J connectivity index is 1.61. The average molecular weight is 273 g/mol. The van der Waals surface area contributed by atoms with Crippen LogP contribution >= 0.6 is 0 Å². The molecule has 0 saturated carbocycles. The fourth-order valence-electron chi connectivity index (χ4n) is 3.28. The maximum atomic E-state index is 12.3. The highest BCUT2D eigenvalue weighted by Gasteiger charge is 2.36. The average Bonchev–Trinajstić information content (AvgIpc) is 2.49. The lowest BCUT2D eigenvalue weighted by Crippen LogP contribution is -2.62. The summed E-state index contributed by atoms with van der Waals surface area (Å²) in [6.07, 6.45) is 1.10. The SMILES string of the molecule is CCN1CC[C@H]2CN(Cc3ccccc3)CCN2C1=O. The van der Waals surface area contributed by atoms with Crippen LogP contribution in [0.2, 0.25) is 0 Å². The van der Waals surface area contributed by atoms with E-state index in [2.05, 4.69) is 47.1 Å². The van der Waals surface area contributed by atoms with E-state index in [1.807, 2.05) is 4.90 Å². The van der Waals surface area contributed by atoms with Crippen molar-refractivity contribution in [3.05, 3.63) is 35.9 Å².